The van der Waals surface area contributed by atoms with Crippen molar-refractivity contribution in [3.8, 4) is 0 Å². The molecule has 17 heavy (non-hydrogen) atoms. The average molecular weight is 246 g/mol. The van der Waals surface area contributed by atoms with Gasteiger partial charge in [0.1, 0.15) is 0 Å². The lowest BCUT2D eigenvalue weighted by molar-refractivity contribution is 0.0933. The lowest BCUT2D eigenvalue weighted by atomic mass is 10.1. The van der Waals surface area contributed by atoms with Gasteiger partial charge < -0.3 is 11.1 Å². The zero-order valence-corrected chi connectivity index (χ0v) is 9.27. The molecule has 0 heterocycles. The van der Waals surface area contributed by atoms with Gasteiger partial charge in [-0.15, -0.1) is 0 Å². The zero-order valence-electron chi connectivity index (χ0n) is 9.27. The number of benzene rings is 1. The van der Waals surface area contributed by atoms with E-state index in [0.717, 1.165) is 6.07 Å². The van der Waals surface area contributed by atoms with E-state index in [4.69, 9.17) is 5.73 Å². The maximum Gasteiger partial charge on any atom is 0.254 e. The molecule has 0 spiro atoms. The van der Waals surface area contributed by atoms with Gasteiger partial charge in [0.25, 0.3) is 5.91 Å². The van der Waals surface area contributed by atoms with Crippen LogP contribution >= 0.6 is 0 Å². The highest BCUT2D eigenvalue weighted by molar-refractivity contribution is 5.94. The molecule has 6 heteroatoms. The average Bonchev–Trinajstić information content (AvgIpc) is 2.26. The molecule has 1 aromatic carbocycles. The summed E-state index contributed by atoms with van der Waals surface area (Å²) in [6, 6.07) is 1.35. The molecule has 0 aromatic heterocycles. The van der Waals surface area contributed by atoms with Gasteiger partial charge in [0.05, 0.1) is 5.56 Å². The fourth-order valence-corrected chi connectivity index (χ4v) is 1.32. The van der Waals surface area contributed by atoms with Crippen LogP contribution in [0, 0.1) is 17.5 Å². The first-order chi connectivity index (χ1) is 7.97. The Balaban J connectivity index is 2.86. The maximum atomic E-state index is 13.2. The molecule has 1 atom stereocenters. The number of carbonyl (C=O) groups excluding carboxylic acids is 1. The van der Waals surface area contributed by atoms with Crippen LogP contribution in [0.15, 0.2) is 12.1 Å². The monoisotopic (exact) mass is 246 g/mol. The van der Waals surface area contributed by atoms with Gasteiger partial charge in [-0.05, 0) is 32.0 Å². The lowest BCUT2D eigenvalue weighted by Gasteiger charge is -2.13. The molecule has 0 saturated heterocycles. The summed E-state index contributed by atoms with van der Waals surface area (Å²) in [6.07, 6.45) is 0.511. The first kappa shape index (κ1) is 13.5. The van der Waals surface area contributed by atoms with Crippen LogP contribution in [-0.2, 0) is 0 Å². The Morgan fingerprint density at radius 2 is 2.00 bits per heavy atom. The standard InChI is InChI=1S/C11H13F3N2O/c1-6(4-5-15)16-11(17)7-2-3-8(12)10(14)9(7)13/h2-3,6H,4-5,15H2,1H3,(H,16,17). The van der Waals surface area contributed by atoms with Crippen LogP contribution in [0.1, 0.15) is 23.7 Å². The first-order valence-electron chi connectivity index (χ1n) is 5.11. The number of rotatable bonds is 4. The predicted octanol–water partition coefficient (Wildman–Crippen LogP) is 1.57. The third-order valence-electron chi connectivity index (χ3n) is 2.26. The van der Waals surface area contributed by atoms with Crippen LogP contribution in [0.2, 0.25) is 0 Å². The molecule has 1 aromatic rings. The van der Waals surface area contributed by atoms with Crippen molar-refractivity contribution in [2.24, 2.45) is 5.73 Å². The van der Waals surface area contributed by atoms with Gasteiger partial charge in [0, 0.05) is 6.04 Å². The number of nitrogens with two attached hydrogens (primary N) is 1. The fraction of sp³-hybridized carbons (Fsp3) is 0.364. The Hall–Kier alpha value is -1.56. The van der Waals surface area contributed by atoms with Crippen LogP contribution in [0.3, 0.4) is 0 Å². The molecule has 94 valence electrons. The van der Waals surface area contributed by atoms with E-state index < -0.39 is 28.9 Å². The molecule has 0 aliphatic carbocycles. The van der Waals surface area contributed by atoms with E-state index in [0.29, 0.717) is 19.0 Å². The zero-order chi connectivity index (χ0) is 13.0. The SMILES string of the molecule is CC(CCN)NC(=O)c1ccc(F)c(F)c1F. The van der Waals surface area contributed by atoms with E-state index in [1.807, 2.05) is 0 Å². The summed E-state index contributed by atoms with van der Waals surface area (Å²) >= 11 is 0. The Labute approximate surface area is 96.8 Å². The van der Waals surface area contributed by atoms with Crippen molar-refractivity contribution in [2.45, 2.75) is 19.4 Å². The summed E-state index contributed by atoms with van der Waals surface area (Å²) < 4.78 is 38.8. The summed E-state index contributed by atoms with van der Waals surface area (Å²) in [6.45, 7) is 2.05. The van der Waals surface area contributed by atoms with Crippen LogP contribution < -0.4 is 11.1 Å². The molecule has 3 N–H and O–H groups in total. The second kappa shape index (κ2) is 5.67. The number of carbonyl (C=O) groups is 1. The maximum absolute atomic E-state index is 13.2. The van der Waals surface area contributed by atoms with Gasteiger partial charge in [-0.2, -0.15) is 0 Å². The van der Waals surface area contributed by atoms with Crippen molar-refractivity contribution in [3.05, 3.63) is 35.1 Å². The topological polar surface area (TPSA) is 55.1 Å². The molecule has 1 unspecified atom stereocenters. The molecular formula is C11H13F3N2O. The van der Waals surface area contributed by atoms with E-state index in [1.54, 1.807) is 6.92 Å². The Morgan fingerprint density at radius 3 is 2.59 bits per heavy atom. The van der Waals surface area contributed by atoms with Crippen molar-refractivity contribution >= 4 is 5.91 Å². The molecule has 0 saturated carbocycles. The van der Waals surface area contributed by atoms with E-state index in [1.165, 1.54) is 0 Å². The molecule has 3 nitrogen and oxygen atoms in total. The van der Waals surface area contributed by atoms with Crippen molar-refractivity contribution in [2.75, 3.05) is 6.54 Å². The van der Waals surface area contributed by atoms with Crippen LogP contribution in [0.4, 0.5) is 13.2 Å². The first-order valence-corrected chi connectivity index (χ1v) is 5.11. The van der Waals surface area contributed by atoms with Crippen molar-refractivity contribution in [1.82, 2.24) is 5.32 Å². The van der Waals surface area contributed by atoms with E-state index in [2.05, 4.69) is 5.32 Å². The summed E-state index contributed by atoms with van der Waals surface area (Å²) in [5.41, 5.74) is 4.76. The molecule has 0 bridgehead atoms. The molecule has 1 amide bonds. The third-order valence-corrected chi connectivity index (χ3v) is 2.26. The van der Waals surface area contributed by atoms with Gasteiger partial charge in [-0.25, -0.2) is 13.2 Å². The van der Waals surface area contributed by atoms with Crippen molar-refractivity contribution in [1.29, 1.82) is 0 Å². The summed E-state index contributed by atoms with van der Waals surface area (Å²) in [5, 5.41) is 2.44. The highest BCUT2D eigenvalue weighted by atomic mass is 19.2. The second-order valence-electron chi connectivity index (χ2n) is 3.67. The Kier molecular flexibility index (Phi) is 4.51. The predicted molar refractivity (Wildman–Crippen MR) is 56.9 cm³/mol. The minimum Gasteiger partial charge on any atom is -0.349 e. The highest BCUT2D eigenvalue weighted by Gasteiger charge is 2.19. The van der Waals surface area contributed by atoms with E-state index >= 15 is 0 Å². The molecule has 0 aliphatic heterocycles. The summed E-state index contributed by atoms with van der Waals surface area (Å²) in [4.78, 5) is 11.5. The van der Waals surface area contributed by atoms with Crippen molar-refractivity contribution < 1.29 is 18.0 Å². The van der Waals surface area contributed by atoms with Crippen LogP contribution in [0.25, 0.3) is 0 Å². The largest absolute Gasteiger partial charge is 0.349 e. The summed E-state index contributed by atoms with van der Waals surface area (Å²) in [7, 11) is 0. The number of nitrogens with one attached hydrogen (secondary N) is 1. The van der Waals surface area contributed by atoms with Gasteiger partial charge in [-0.3, -0.25) is 4.79 Å². The molecule has 0 fully saturated rings. The fourth-order valence-electron chi connectivity index (χ4n) is 1.32. The molecular weight excluding hydrogens is 233 g/mol. The van der Waals surface area contributed by atoms with Gasteiger partial charge >= 0.3 is 0 Å². The third kappa shape index (κ3) is 3.20. The summed E-state index contributed by atoms with van der Waals surface area (Å²) in [5.74, 6) is -5.25. The highest BCUT2D eigenvalue weighted by Crippen LogP contribution is 2.15. The Bertz CT molecular complexity index is 423. The molecule has 1 rings (SSSR count). The van der Waals surface area contributed by atoms with Gasteiger partial charge in [-0.1, -0.05) is 0 Å². The van der Waals surface area contributed by atoms with Gasteiger partial charge in [0.15, 0.2) is 17.5 Å². The lowest BCUT2D eigenvalue weighted by Crippen LogP contribution is -2.34. The van der Waals surface area contributed by atoms with Crippen LogP contribution in [-0.4, -0.2) is 18.5 Å². The van der Waals surface area contributed by atoms with Gasteiger partial charge in [0.2, 0.25) is 0 Å². The quantitative estimate of drug-likeness (QED) is 0.792. The Morgan fingerprint density at radius 1 is 1.35 bits per heavy atom. The number of hydrogen-bond acceptors (Lipinski definition) is 2. The minimum absolute atomic E-state index is 0.264. The number of hydrogen-bond donors (Lipinski definition) is 2. The normalized spacial score (nSPS) is 12.3. The van der Waals surface area contributed by atoms with E-state index in [9.17, 15) is 18.0 Å². The van der Waals surface area contributed by atoms with Crippen LogP contribution in [0.5, 0.6) is 0 Å². The number of halogens is 3. The second-order valence-corrected chi connectivity index (χ2v) is 3.67. The number of amides is 1. The molecule has 0 aliphatic rings. The van der Waals surface area contributed by atoms with Crippen molar-refractivity contribution in [3.63, 3.8) is 0 Å². The van der Waals surface area contributed by atoms with E-state index in [-0.39, 0.29) is 6.04 Å². The minimum atomic E-state index is -1.65. The molecule has 0 radical (unpaired) electrons. The smallest absolute Gasteiger partial charge is 0.254 e.